The Morgan fingerprint density at radius 1 is 0.861 bits per heavy atom. The Labute approximate surface area is 209 Å². The van der Waals surface area contributed by atoms with Crippen molar-refractivity contribution >= 4 is 28.3 Å². The van der Waals surface area contributed by atoms with E-state index in [2.05, 4.69) is 51.8 Å². The van der Waals surface area contributed by atoms with E-state index in [1.54, 1.807) is 0 Å². The average molecular weight is 472 g/mol. The van der Waals surface area contributed by atoms with Crippen LogP contribution in [0, 0.1) is 0 Å². The van der Waals surface area contributed by atoms with Crippen molar-refractivity contribution in [3.8, 4) is 22.3 Å². The van der Waals surface area contributed by atoms with Crippen molar-refractivity contribution in [1.29, 1.82) is 0 Å². The summed E-state index contributed by atoms with van der Waals surface area (Å²) >= 11 is 0. The molecule has 0 radical (unpaired) electrons. The molecule has 5 aromatic rings. The molecule has 2 aliphatic rings. The van der Waals surface area contributed by atoms with Crippen LogP contribution in [0.3, 0.4) is 0 Å². The van der Waals surface area contributed by atoms with Gasteiger partial charge in [0, 0.05) is 66.1 Å². The van der Waals surface area contributed by atoms with Crippen LogP contribution in [0.15, 0.2) is 85.3 Å². The van der Waals surface area contributed by atoms with Gasteiger partial charge in [-0.15, -0.1) is 0 Å². The predicted octanol–water partition coefficient (Wildman–Crippen LogP) is 5.43. The Balaban J connectivity index is 1.24. The normalized spacial score (nSPS) is 15.4. The molecule has 0 saturated heterocycles. The Bertz CT molecular complexity index is 1640. The van der Waals surface area contributed by atoms with Gasteiger partial charge in [-0.3, -0.25) is 19.6 Å². The monoisotopic (exact) mass is 471 g/mol. The molecule has 5 heterocycles. The van der Waals surface area contributed by atoms with Gasteiger partial charge in [0.05, 0.1) is 12.1 Å². The third-order valence-corrected chi connectivity index (χ3v) is 7.35. The van der Waals surface area contributed by atoms with Crippen LogP contribution in [0.2, 0.25) is 0 Å². The maximum absolute atomic E-state index is 12.7. The number of fused-ring (bicyclic) bond motifs is 4. The number of hydrogen-bond acceptors (Lipinski definition) is 4. The van der Waals surface area contributed by atoms with Crippen molar-refractivity contribution in [2.45, 2.75) is 19.5 Å². The van der Waals surface area contributed by atoms with Crippen molar-refractivity contribution in [3.05, 3.63) is 96.6 Å². The van der Waals surface area contributed by atoms with Gasteiger partial charge in [-0.05, 0) is 60.1 Å². The van der Waals surface area contributed by atoms with Gasteiger partial charge in [0.1, 0.15) is 5.65 Å². The standard InChI is InChI=1S/C30H25N5O/c1-33-12-13-34-25(19-33)16-27-26(10-11-32-30(27)34)23-14-22(17-31-18-23)20-6-8-24(9-7-20)35-28-5-3-2-4-21(28)15-29(35)36/h2-11,14,16-18H,12-13,15,19H2,1H3. The number of benzene rings is 2. The van der Waals surface area contributed by atoms with E-state index in [0.717, 1.165) is 64.5 Å². The molecule has 7 rings (SSSR count). The second-order valence-corrected chi connectivity index (χ2v) is 9.66. The van der Waals surface area contributed by atoms with Crippen LogP contribution in [-0.4, -0.2) is 38.9 Å². The number of likely N-dealkylation sites (N-methyl/N-ethyl adjacent to an activating group) is 1. The molecule has 2 aromatic carbocycles. The number of anilines is 2. The SMILES string of the molecule is CN1CCn2c(cc3c(-c4cncc(-c5ccc(N6C(=O)Cc7ccccc76)cc5)c4)ccnc32)C1. The summed E-state index contributed by atoms with van der Waals surface area (Å²) in [5.41, 5.74) is 9.61. The lowest BCUT2D eigenvalue weighted by Crippen LogP contribution is -2.29. The minimum absolute atomic E-state index is 0.107. The molecule has 0 fully saturated rings. The van der Waals surface area contributed by atoms with E-state index in [1.165, 1.54) is 11.1 Å². The fourth-order valence-corrected chi connectivity index (χ4v) is 5.54. The van der Waals surface area contributed by atoms with Gasteiger partial charge in [0.15, 0.2) is 0 Å². The number of rotatable bonds is 3. The molecule has 0 spiro atoms. The van der Waals surface area contributed by atoms with Crippen molar-refractivity contribution < 1.29 is 4.79 Å². The molecule has 36 heavy (non-hydrogen) atoms. The molecule has 3 aromatic heterocycles. The topological polar surface area (TPSA) is 54.3 Å². The van der Waals surface area contributed by atoms with Crippen molar-refractivity contribution in [3.63, 3.8) is 0 Å². The first-order valence-electron chi connectivity index (χ1n) is 12.3. The summed E-state index contributed by atoms with van der Waals surface area (Å²) < 4.78 is 2.34. The van der Waals surface area contributed by atoms with Gasteiger partial charge < -0.3 is 4.57 Å². The molecule has 0 atom stereocenters. The lowest BCUT2D eigenvalue weighted by molar-refractivity contribution is -0.116. The Kier molecular flexibility index (Phi) is 4.75. The summed E-state index contributed by atoms with van der Waals surface area (Å²) in [5, 5.41) is 1.17. The zero-order valence-corrected chi connectivity index (χ0v) is 20.1. The molecule has 0 N–H and O–H groups in total. The van der Waals surface area contributed by atoms with Crippen molar-refractivity contribution in [1.82, 2.24) is 19.4 Å². The summed E-state index contributed by atoms with van der Waals surface area (Å²) in [6.45, 7) is 2.93. The highest BCUT2D eigenvalue weighted by Crippen LogP contribution is 2.37. The fraction of sp³-hybridized carbons (Fsp3) is 0.167. The van der Waals surface area contributed by atoms with Crippen molar-refractivity contribution in [2.75, 3.05) is 18.5 Å². The van der Waals surface area contributed by atoms with Gasteiger partial charge >= 0.3 is 0 Å². The number of amides is 1. The second kappa shape index (κ2) is 8.14. The molecule has 1 amide bonds. The number of carbonyl (C=O) groups is 1. The van der Waals surface area contributed by atoms with Gasteiger partial charge in [-0.1, -0.05) is 30.3 Å². The first-order valence-corrected chi connectivity index (χ1v) is 12.3. The lowest BCUT2D eigenvalue weighted by atomic mass is 10.0. The van der Waals surface area contributed by atoms with Crippen LogP contribution in [0.25, 0.3) is 33.3 Å². The minimum atomic E-state index is 0.107. The average Bonchev–Trinajstić information content (AvgIpc) is 3.45. The van der Waals surface area contributed by atoms with Crippen LogP contribution in [0.5, 0.6) is 0 Å². The van der Waals surface area contributed by atoms with E-state index in [9.17, 15) is 4.79 Å². The van der Waals surface area contributed by atoms with Crippen LogP contribution < -0.4 is 4.90 Å². The van der Waals surface area contributed by atoms with E-state index in [0.29, 0.717) is 6.42 Å². The molecule has 176 valence electrons. The summed E-state index contributed by atoms with van der Waals surface area (Å²) in [4.78, 5) is 26.1. The van der Waals surface area contributed by atoms with E-state index in [1.807, 2.05) is 59.9 Å². The number of carbonyl (C=O) groups excluding carboxylic acids is 1. The van der Waals surface area contributed by atoms with Gasteiger partial charge in [0.2, 0.25) is 5.91 Å². The maximum atomic E-state index is 12.7. The number of pyridine rings is 2. The molecule has 0 unspecified atom stereocenters. The smallest absolute Gasteiger partial charge is 0.236 e. The van der Waals surface area contributed by atoms with E-state index >= 15 is 0 Å². The third kappa shape index (κ3) is 3.33. The zero-order chi connectivity index (χ0) is 24.2. The first-order chi connectivity index (χ1) is 17.7. The summed E-state index contributed by atoms with van der Waals surface area (Å²) in [6.07, 6.45) is 6.17. The van der Waals surface area contributed by atoms with Crippen LogP contribution in [0.1, 0.15) is 11.3 Å². The van der Waals surface area contributed by atoms with E-state index in [-0.39, 0.29) is 5.91 Å². The number of hydrogen-bond donors (Lipinski definition) is 0. The molecule has 6 heteroatoms. The zero-order valence-electron chi connectivity index (χ0n) is 20.1. The van der Waals surface area contributed by atoms with Gasteiger partial charge in [0.25, 0.3) is 0 Å². The molecule has 6 nitrogen and oxygen atoms in total. The number of aromatic nitrogens is 3. The van der Waals surface area contributed by atoms with Crippen LogP contribution in [0.4, 0.5) is 11.4 Å². The highest BCUT2D eigenvalue weighted by molar-refractivity contribution is 6.07. The molecule has 0 aliphatic carbocycles. The maximum Gasteiger partial charge on any atom is 0.236 e. The highest BCUT2D eigenvalue weighted by atomic mass is 16.2. The Morgan fingerprint density at radius 3 is 2.58 bits per heavy atom. The lowest BCUT2D eigenvalue weighted by Gasteiger charge is -2.24. The number of para-hydroxylation sites is 1. The highest BCUT2D eigenvalue weighted by Gasteiger charge is 2.28. The summed E-state index contributed by atoms with van der Waals surface area (Å²) in [5.74, 6) is 0.107. The molecule has 0 bridgehead atoms. The molecular formula is C30H25N5O. The quantitative estimate of drug-likeness (QED) is 0.352. The first kappa shape index (κ1) is 21.0. The number of nitrogens with zero attached hydrogens (tertiary/aromatic N) is 5. The Morgan fingerprint density at radius 2 is 1.69 bits per heavy atom. The molecule has 2 aliphatic heterocycles. The summed E-state index contributed by atoms with van der Waals surface area (Å²) in [6, 6.07) is 22.7. The largest absolute Gasteiger partial charge is 0.327 e. The van der Waals surface area contributed by atoms with Crippen molar-refractivity contribution in [2.24, 2.45) is 0 Å². The summed E-state index contributed by atoms with van der Waals surface area (Å²) in [7, 11) is 2.16. The van der Waals surface area contributed by atoms with Gasteiger partial charge in [-0.2, -0.15) is 0 Å². The third-order valence-electron chi connectivity index (χ3n) is 7.35. The van der Waals surface area contributed by atoms with Crippen LogP contribution >= 0.6 is 0 Å². The van der Waals surface area contributed by atoms with Crippen LogP contribution in [-0.2, 0) is 24.3 Å². The van der Waals surface area contributed by atoms with E-state index in [4.69, 9.17) is 4.98 Å². The minimum Gasteiger partial charge on any atom is -0.327 e. The van der Waals surface area contributed by atoms with Gasteiger partial charge in [-0.25, -0.2) is 4.98 Å². The second-order valence-electron chi connectivity index (χ2n) is 9.66. The molecular weight excluding hydrogens is 446 g/mol. The fourth-order valence-electron chi connectivity index (χ4n) is 5.54. The van der Waals surface area contributed by atoms with E-state index < -0.39 is 0 Å². The molecule has 0 saturated carbocycles. The predicted molar refractivity (Wildman–Crippen MR) is 142 cm³/mol. The Hall–Kier alpha value is -4.29.